The van der Waals surface area contributed by atoms with E-state index in [-0.39, 0.29) is 18.2 Å². The zero-order valence-electron chi connectivity index (χ0n) is 15.7. The van der Waals surface area contributed by atoms with Gasteiger partial charge in [-0.05, 0) is 36.1 Å². The summed E-state index contributed by atoms with van der Waals surface area (Å²) in [6.07, 6.45) is 0.889. The molecule has 7 heteroatoms. The predicted octanol–water partition coefficient (Wildman–Crippen LogP) is 3.81. The first kappa shape index (κ1) is 20.2. The summed E-state index contributed by atoms with van der Waals surface area (Å²) in [5, 5.41) is 13.9. The van der Waals surface area contributed by atoms with Crippen molar-refractivity contribution in [2.45, 2.75) is 20.3 Å². The summed E-state index contributed by atoms with van der Waals surface area (Å²) >= 11 is 0. The largest absolute Gasteiger partial charge is 0.497 e. The zero-order chi connectivity index (χ0) is 19.8. The van der Waals surface area contributed by atoms with E-state index in [0.29, 0.717) is 29.5 Å². The summed E-state index contributed by atoms with van der Waals surface area (Å²) in [4.78, 5) is 22.6. The van der Waals surface area contributed by atoms with Crippen molar-refractivity contribution >= 4 is 11.6 Å². The lowest BCUT2D eigenvalue weighted by Gasteiger charge is -2.13. The van der Waals surface area contributed by atoms with Gasteiger partial charge in [0.25, 0.3) is 11.6 Å². The molecule has 2 aromatic rings. The van der Waals surface area contributed by atoms with Crippen LogP contribution in [0.4, 0.5) is 5.69 Å². The Morgan fingerprint density at radius 3 is 2.48 bits per heavy atom. The topological polar surface area (TPSA) is 90.7 Å². The Bertz CT molecular complexity index is 787. The lowest BCUT2D eigenvalue weighted by Crippen LogP contribution is -2.30. The van der Waals surface area contributed by atoms with Gasteiger partial charge in [-0.1, -0.05) is 26.0 Å². The molecule has 0 saturated carbocycles. The molecule has 0 saturated heterocycles. The first-order valence-electron chi connectivity index (χ1n) is 8.73. The summed E-state index contributed by atoms with van der Waals surface area (Å²) in [5.74, 6) is 1.36. The maximum atomic E-state index is 11.9. The smallest absolute Gasteiger partial charge is 0.270 e. The molecule has 2 rings (SSSR count). The molecule has 0 aliphatic rings. The van der Waals surface area contributed by atoms with E-state index in [0.717, 1.165) is 12.0 Å². The van der Waals surface area contributed by atoms with Gasteiger partial charge in [-0.25, -0.2) is 0 Å². The van der Waals surface area contributed by atoms with Crippen molar-refractivity contribution in [1.82, 2.24) is 5.32 Å². The van der Waals surface area contributed by atoms with E-state index in [2.05, 4.69) is 19.2 Å². The Morgan fingerprint density at radius 2 is 1.89 bits per heavy atom. The van der Waals surface area contributed by atoms with E-state index >= 15 is 0 Å². The molecule has 7 nitrogen and oxygen atoms in total. The standard InChI is InChI=1S/C20H24N2O5/c1-14(2)10-11-21-20(23)13-27-19-9-6-16(22(24)25)12-18(19)15-4-7-17(26-3)8-5-15/h4-9,12,14H,10-11,13H2,1-3H3,(H,21,23). The van der Waals surface area contributed by atoms with Crippen molar-refractivity contribution in [2.24, 2.45) is 5.92 Å². The molecule has 0 bridgehead atoms. The van der Waals surface area contributed by atoms with Crippen LogP contribution in [0.5, 0.6) is 11.5 Å². The minimum Gasteiger partial charge on any atom is -0.497 e. The fourth-order valence-electron chi connectivity index (χ4n) is 2.45. The summed E-state index contributed by atoms with van der Waals surface area (Å²) in [5.41, 5.74) is 1.23. The summed E-state index contributed by atoms with van der Waals surface area (Å²) in [7, 11) is 1.56. The number of nitro benzene ring substituents is 1. The van der Waals surface area contributed by atoms with Crippen LogP contribution in [0.25, 0.3) is 11.1 Å². The molecule has 0 aromatic heterocycles. The molecule has 1 N–H and O–H groups in total. The number of carbonyl (C=O) groups is 1. The number of benzene rings is 2. The lowest BCUT2D eigenvalue weighted by molar-refractivity contribution is -0.384. The minimum absolute atomic E-state index is 0.0467. The van der Waals surface area contributed by atoms with Crippen LogP contribution in [0.15, 0.2) is 42.5 Å². The first-order valence-corrected chi connectivity index (χ1v) is 8.73. The fourth-order valence-corrected chi connectivity index (χ4v) is 2.45. The van der Waals surface area contributed by atoms with E-state index in [1.54, 1.807) is 31.4 Å². The van der Waals surface area contributed by atoms with Crippen LogP contribution in [-0.4, -0.2) is 31.1 Å². The Kier molecular flexibility index (Phi) is 7.16. The maximum Gasteiger partial charge on any atom is 0.270 e. The average Bonchev–Trinajstić information content (AvgIpc) is 2.66. The second-order valence-corrected chi connectivity index (χ2v) is 6.49. The molecule has 1 amide bonds. The summed E-state index contributed by atoms with van der Waals surface area (Å²) < 4.78 is 10.8. The molecule has 0 aliphatic carbocycles. The minimum atomic E-state index is -0.463. The Balaban J connectivity index is 2.17. The molecule has 0 spiro atoms. The van der Waals surface area contributed by atoms with Crippen LogP contribution in [0.1, 0.15) is 20.3 Å². The summed E-state index contributed by atoms with van der Waals surface area (Å²) in [6.45, 7) is 4.60. The third-order valence-corrected chi connectivity index (χ3v) is 3.98. The Hall–Kier alpha value is -3.09. The zero-order valence-corrected chi connectivity index (χ0v) is 15.7. The number of rotatable bonds is 9. The number of nitro groups is 1. The average molecular weight is 372 g/mol. The van der Waals surface area contributed by atoms with Crippen LogP contribution in [0.2, 0.25) is 0 Å². The number of non-ortho nitro benzene ring substituents is 1. The number of hydrogen-bond donors (Lipinski definition) is 1. The van der Waals surface area contributed by atoms with Crippen molar-refractivity contribution in [3.05, 3.63) is 52.6 Å². The number of nitrogens with zero attached hydrogens (tertiary/aromatic N) is 1. The van der Waals surface area contributed by atoms with Gasteiger partial charge in [0.2, 0.25) is 0 Å². The van der Waals surface area contributed by atoms with E-state index in [1.807, 2.05) is 0 Å². The SMILES string of the molecule is COc1ccc(-c2cc([N+](=O)[O-])ccc2OCC(=O)NCCC(C)C)cc1. The van der Waals surface area contributed by atoms with Gasteiger partial charge in [0.05, 0.1) is 12.0 Å². The van der Waals surface area contributed by atoms with Gasteiger partial charge in [0.1, 0.15) is 11.5 Å². The van der Waals surface area contributed by atoms with Gasteiger partial charge < -0.3 is 14.8 Å². The van der Waals surface area contributed by atoms with Gasteiger partial charge in [-0.2, -0.15) is 0 Å². The number of ether oxygens (including phenoxy) is 2. The third kappa shape index (κ3) is 5.99. The predicted molar refractivity (Wildman–Crippen MR) is 103 cm³/mol. The van der Waals surface area contributed by atoms with Crippen LogP contribution in [-0.2, 0) is 4.79 Å². The van der Waals surface area contributed by atoms with Gasteiger partial charge in [-0.3, -0.25) is 14.9 Å². The highest BCUT2D eigenvalue weighted by atomic mass is 16.6. The third-order valence-electron chi connectivity index (χ3n) is 3.98. The fraction of sp³-hybridized carbons (Fsp3) is 0.350. The molecule has 0 atom stereocenters. The second kappa shape index (κ2) is 9.56. The molecule has 27 heavy (non-hydrogen) atoms. The van der Waals surface area contributed by atoms with Crippen LogP contribution >= 0.6 is 0 Å². The van der Waals surface area contributed by atoms with E-state index in [1.165, 1.54) is 18.2 Å². The van der Waals surface area contributed by atoms with Crippen molar-refractivity contribution in [3.63, 3.8) is 0 Å². The highest BCUT2D eigenvalue weighted by Crippen LogP contribution is 2.34. The molecule has 0 unspecified atom stereocenters. The number of methoxy groups -OCH3 is 1. The molecule has 0 heterocycles. The lowest BCUT2D eigenvalue weighted by atomic mass is 10.0. The number of carbonyl (C=O) groups excluding carboxylic acids is 1. The Labute approximate surface area is 158 Å². The molecular weight excluding hydrogens is 348 g/mol. The monoisotopic (exact) mass is 372 g/mol. The van der Waals surface area contributed by atoms with Crippen LogP contribution < -0.4 is 14.8 Å². The van der Waals surface area contributed by atoms with Crippen molar-refractivity contribution in [2.75, 3.05) is 20.3 Å². The first-order chi connectivity index (χ1) is 12.9. The van der Waals surface area contributed by atoms with Gasteiger partial charge in [-0.15, -0.1) is 0 Å². The van der Waals surface area contributed by atoms with Crippen molar-refractivity contribution in [1.29, 1.82) is 0 Å². The van der Waals surface area contributed by atoms with Gasteiger partial charge in [0, 0.05) is 24.2 Å². The normalized spacial score (nSPS) is 10.5. The van der Waals surface area contributed by atoms with E-state index < -0.39 is 4.92 Å². The van der Waals surface area contributed by atoms with Crippen molar-refractivity contribution in [3.8, 4) is 22.6 Å². The van der Waals surface area contributed by atoms with Crippen molar-refractivity contribution < 1.29 is 19.2 Å². The highest BCUT2D eigenvalue weighted by Gasteiger charge is 2.15. The number of amides is 1. The molecule has 0 fully saturated rings. The molecular formula is C20H24N2O5. The summed E-state index contributed by atoms with van der Waals surface area (Å²) in [6, 6.07) is 11.4. The maximum absolute atomic E-state index is 11.9. The highest BCUT2D eigenvalue weighted by molar-refractivity contribution is 5.78. The van der Waals surface area contributed by atoms with Crippen LogP contribution in [0, 0.1) is 16.0 Å². The van der Waals surface area contributed by atoms with E-state index in [9.17, 15) is 14.9 Å². The van der Waals surface area contributed by atoms with Gasteiger partial charge in [0.15, 0.2) is 6.61 Å². The van der Waals surface area contributed by atoms with Gasteiger partial charge >= 0.3 is 0 Å². The van der Waals surface area contributed by atoms with Crippen LogP contribution in [0.3, 0.4) is 0 Å². The second-order valence-electron chi connectivity index (χ2n) is 6.49. The molecule has 2 aromatic carbocycles. The Morgan fingerprint density at radius 1 is 1.19 bits per heavy atom. The molecule has 144 valence electrons. The quantitative estimate of drug-likeness (QED) is 0.534. The molecule has 0 aliphatic heterocycles. The van der Waals surface area contributed by atoms with E-state index in [4.69, 9.17) is 9.47 Å². The number of hydrogen-bond acceptors (Lipinski definition) is 5. The molecule has 0 radical (unpaired) electrons. The number of nitrogens with one attached hydrogen (secondary N) is 1.